The van der Waals surface area contributed by atoms with Gasteiger partial charge >= 0.3 is 0 Å². The molecule has 2 nitrogen and oxygen atoms in total. The van der Waals surface area contributed by atoms with E-state index in [0.717, 1.165) is 12.6 Å². The lowest BCUT2D eigenvalue weighted by Crippen LogP contribution is -2.30. The van der Waals surface area contributed by atoms with Gasteiger partial charge in [-0.15, -0.1) is 0 Å². The highest BCUT2D eigenvalue weighted by atomic mass is 15.1. The molecular weight excluding hydrogens is 136 g/mol. The lowest BCUT2D eigenvalue weighted by molar-refractivity contribution is 0.249. The zero-order chi connectivity index (χ0) is 8.69. The Balaban J connectivity index is 3.28. The topological polar surface area (TPSA) is 15.3 Å². The molecule has 0 fully saturated rings. The Morgan fingerprint density at radius 1 is 1.45 bits per heavy atom. The Morgan fingerprint density at radius 3 is 2.55 bits per heavy atom. The average Bonchev–Trinajstić information content (AvgIpc) is 2.03. The fourth-order valence-corrected chi connectivity index (χ4v) is 1.04. The van der Waals surface area contributed by atoms with Crippen LogP contribution in [0.5, 0.6) is 0 Å². The van der Waals surface area contributed by atoms with Crippen molar-refractivity contribution in [2.45, 2.75) is 32.7 Å². The normalized spacial score (nSPS) is 13.9. The minimum atomic E-state index is 0.729. The van der Waals surface area contributed by atoms with Crippen LogP contribution in [0, 0.1) is 0 Å². The van der Waals surface area contributed by atoms with Gasteiger partial charge in [-0.2, -0.15) is 0 Å². The molecule has 0 aromatic carbocycles. The van der Waals surface area contributed by atoms with E-state index in [1.54, 1.807) is 0 Å². The molecule has 0 saturated heterocycles. The molecule has 0 aliphatic rings. The van der Waals surface area contributed by atoms with Gasteiger partial charge in [-0.25, -0.2) is 0 Å². The molecule has 0 aromatic heterocycles. The molecule has 2 heteroatoms. The van der Waals surface area contributed by atoms with E-state index in [2.05, 4.69) is 31.1 Å². The summed E-state index contributed by atoms with van der Waals surface area (Å²) in [6.07, 6.45) is 2.49. The first-order valence-corrected chi connectivity index (χ1v) is 4.57. The Morgan fingerprint density at radius 2 is 2.09 bits per heavy atom. The van der Waals surface area contributed by atoms with Crippen molar-refractivity contribution in [2.75, 3.05) is 27.2 Å². The molecule has 68 valence electrons. The summed E-state index contributed by atoms with van der Waals surface area (Å²) in [6, 6.07) is 0.729. The maximum absolute atomic E-state index is 3.15. The number of hydrogen-bond donors (Lipinski definition) is 1. The third-order valence-corrected chi connectivity index (χ3v) is 2.28. The van der Waals surface area contributed by atoms with Gasteiger partial charge in [-0.3, -0.25) is 0 Å². The molecule has 1 unspecified atom stereocenters. The fraction of sp³-hybridized carbons (Fsp3) is 1.00. The van der Waals surface area contributed by atoms with E-state index in [1.807, 2.05) is 7.05 Å². The predicted molar refractivity (Wildman–Crippen MR) is 50.9 cm³/mol. The Kier molecular flexibility index (Phi) is 6.57. The molecule has 0 bridgehead atoms. The molecule has 0 aliphatic carbocycles. The lowest BCUT2D eigenvalue weighted by Gasteiger charge is -2.23. The summed E-state index contributed by atoms with van der Waals surface area (Å²) in [5, 5.41) is 3.15. The summed E-state index contributed by atoms with van der Waals surface area (Å²) in [4.78, 5) is 2.41. The first-order chi connectivity index (χ1) is 5.22. The maximum Gasteiger partial charge on any atom is 0.00612 e. The average molecular weight is 158 g/mol. The standard InChI is InChI=1S/C9H22N2/c1-5-9(2)11(4)8-6-7-10-3/h9-10H,5-8H2,1-4H3. The third-order valence-electron chi connectivity index (χ3n) is 2.28. The summed E-state index contributed by atoms with van der Waals surface area (Å²) in [7, 11) is 4.20. The highest BCUT2D eigenvalue weighted by Gasteiger charge is 2.04. The van der Waals surface area contributed by atoms with Crippen molar-refractivity contribution in [3.8, 4) is 0 Å². The van der Waals surface area contributed by atoms with Crippen molar-refractivity contribution in [3.05, 3.63) is 0 Å². The summed E-state index contributed by atoms with van der Waals surface area (Å²) < 4.78 is 0. The summed E-state index contributed by atoms with van der Waals surface area (Å²) in [5.74, 6) is 0. The van der Waals surface area contributed by atoms with E-state index in [-0.39, 0.29) is 0 Å². The van der Waals surface area contributed by atoms with Crippen molar-refractivity contribution in [3.63, 3.8) is 0 Å². The molecule has 0 rings (SSSR count). The zero-order valence-electron chi connectivity index (χ0n) is 8.35. The molecule has 0 heterocycles. The number of nitrogens with zero attached hydrogens (tertiary/aromatic N) is 1. The van der Waals surface area contributed by atoms with Gasteiger partial charge in [-0.05, 0) is 47.0 Å². The number of nitrogens with one attached hydrogen (secondary N) is 1. The minimum absolute atomic E-state index is 0.729. The van der Waals surface area contributed by atoms with Gasteiger partial charge in [0, 0.05) is 6.04 Å². The molecule has 0 radical (unpaired) electrons. The van der Waals surface area contributed by atoms with Crippen molar-refractivity contribution in [1.29, 1.82) is 0 Å². The van der Waals surface area contributed by atoms with E-state index in [1.165, 1.54) is 19.4 Å². The summed E-state index contributed by atoms with van der Waals surface area (Å²) >= 11 is 0. The van der Waals surface area contributed by atoms with E-state index in [0.29, 0.717) is 0 Å². The van der Waals surface area contributed by atoms with E-state index >= 15 is 0 Å². The molecule has 0 aliphatic heterocycles. The van der Waals surface area contributed by atoms with Gasteiger partial charge in [0.25, 0.3) is 0 Å². The quantitative estimate of drug-likeness (QED) is 0.587. The molecule has 0 aromatic rings. The van der Waals surface area contributed by atoms with Crippen LogP contribution in [-0.4, -0.2) is 38.1 Å². The van der Waals surface area contributed by atoms with Gasteiger partial charge in [0.05, 0.1) is 0 Å². The van der Waals surface area contributed by atoms with Crippen molar-refractivity contribution in [2.24, 2.45) is 0 Å². The summed E-state index contributed by atoms with van der Waals surface area (Å²) in [6.45, 7) is 6.84. The Labute approximate surface area is 71.0 Å². The third kappa shape index (κ3) is 5.22. The van der Waals surface area contributed by atoms with E-state index in [4.69, 9.17) is 0 Å². The van der Waals surface area contributed by atoms with Crippen molar-refractivity contribution < 1.29 is 0 Å². The fourth-order valence-electron chi connectivity index (χ4n) is 1.04. The van der Waals surface area contributed by atoms with Gasteiger partial charge < -0.3 is 10.2 Å². The van der Waals surface area contributed by atoms with Crippen LogP contribution in [0.1, 0.15) is 26.7 Å². The maximum atomic E-state index is 3.15. The Hall–Kier alpha value is -0.0800. The largest absolute Gasteiger partial charge is 0.320 e. The van der Waals surface area contributed by atoms with Gasteiger partial charge in [0.2, 0.25) is 0 Å². The van der Waals surface area contributed by atoms with Crippen molar-refractivity contribution >= 4 is 0 Å². The molecule has 0 spiro atoms. The van der Waals surface area contributed by atoms with Crippen LogP contribution < -0.4 is 5.32 Å². The summed E-state index contributed by atoms with van der Waals surface area (Å²) in [5.41, 5.74) is 0. The molecule has 1 N–H and O–H groups in total. The molecular formula is C9H22N2. The second-order valence-corrected chi connectivity index (χ2v) is 3.19. The smallest absolute Gasteiger partial charge is 0.00612 e. The highest BCUT2D eigenvalue weighted by molar-refractivity contribution is 4.60. The van der Waals surface area contributed by atoms with Crippen LogP contribution in [0.15, 0.2) is 0 Å². The zero-order valence-corrected chi connectivity index (χ0v) is 8.35. The highest BCUT2D eigenvalue weighted by Crippen LogP contribution is 1.99. The second kappa shape index (κ2) is 6.62. The van der Waals surface area contributed by atoms with Crippen LogP contribution >= 0.6 is 0 Å². The number of rotatable bonds is 6. The first-order valence-electron chi connectivity index (χ1n) is 4.57. The monoisotopic (exact) mass is 158 g/mol. The van der Waals surface area contributed by atoms with Crippen LogP contribution in [0.3, 0.4) is 0 Å². The SMILES string of the molecule is CCC(C)N(C)CCCNC. The van der Waals surface area contributed by atoms with Gasteiger partial charge in [0.15, 0.2) is 0 Å². The van der Waals surface area contributed by atoms with Crippen molar-refractivity contribution in [1.82, 2.24) is 10.2 Å². The van der Waals surface area contributed by atoms with E-state index in [9.17, 15) is 0 Å². The van der Waals surface area contributed by atoms with Crippen LogP contribution in [0.2, 0.25) is 0 Å². The van der Waals surface area contributed by atoms with Crippen LogP contribution in [-0.2, 0) is 0 Å². The Bertz CT molecular complexity index is 83.6. The van der Waals surface area contributed by atoms with E-state index < -0.39 is 0 Å². The van der Waals surface area contributed by atoms with Crippen LogP contribution in [0.4, 0.5) is 0 Å². The molecule has 0 saturated carbocycles. The number of hydrogen-bond acceptors (Lipinski definition) is 2. The first kappa shape index (κ1) is 10.9. The second-order valence-electron chi connectivity index (χ2n) is 3.19. The minimum Gasteiger partial charge on any atom is -0.320 e. The molecule has 1 atom stereocenters. The lowest BCUT2D eigenvalue weighted by atomic mass is 10.2. The van der Waals surface area contributed by atoms with Gasteiger partial charge in [-0.1, -0.05) is 6.92 Å². The predicted octanol–water partition coefficient (Wildman–Crippen LogP) is 1.33. The molecule has 0 amide bonds. The van der Waals surface area contributed by atoms with Crippen LogP contribution in [0.25, 0.3) is 0 Å². The molecule has 11 heavy (non-hydrogen) atoms. The van der Waals surface area contributed by atoms with Gasteiger partial charge in [0.1, 0.15) is 0 Å².